The normalized spacial score (nSPS) is 26.6. The SMILES string of the molecule is CCC(CC)CN(CC)C1CCC(C#N)(NC(C)C)C1. The van der Waals surface area contributed by atoms with E-state index in [0.29, 0.717) is 12.1 Å². The lowest BCUT2D eigenvalue weighted by Crippen LogP contribution is -2.47. The molecule has 0 amide bonds. The molecule has 3 heteroatoms. The van der Waals surface area contributed by atoms with Crippen LogP contribution in [0.25, 0.3) is 0 Å². The summed E-state index contributed by atoms with van der Waals surface area (Å²) in [5, 5.41) is 13.1. The van der Waals surface area contributed by atoms with Crippen LogP contribution in [-0.4, -0.2) is 35.6 Å². The van der Waals surface area contributed by atoms with Gasteiger partial charge in [-0.3, -0.25) is 5.32 Å². The lowest BCUT2D eigenvalue weighted by Gasteiger charge is -2.32. The van der Waals surface area contributed by atoms with Crippen molar-refractivity contribution < 1.29 is 0 Å². The monoisotopic (exact) mass is 279 g/mol. The smallest absolute Gasteiger partial charge is 0.108 e. The molecule has 1 rings (SSSR count). The molecule has 0 spiro atoms. The Morgan fingerprint density at radius 1 is 1.30 bits per heavy atom. The first kappa shape index (κ1) is 17.5. The van der Waals surface area contributed by atoms with E-state index in [4.69, 9.17) is 0 Å². The van der Waals surface area contributed by atoms with E-state index in [1.165, 1.54) is 19.4 Å². The average Bonchev–Trinajstić information content (AvgIpc) is 2.84. The van der Waals surface area contributed by atoms with Crippen molar-refractivity contribution in [3.63, 3.8) is 0 Å². The van der Waals surface area contributed by atoms with Crippen molar-refractivity contribution in [1.82, 2.24) is 10.2 Å². The Hall–Kier alpha value is -0.590. The Balaban J connectivity index is 2.66. The van der Waals surface area contributed by atoms with E-state index >= 15 is 0 Å². The summed E-state index contributed by atoms with van der Waals surface area (Å²) < 4.78 is 0. The molecular weight excluding hydrogens is 246 g/mol. The van der Waals surface area contributed by atoms with Crippen molar-refractivity contribution in [1.29, 1.82) is 5.26 Å². The van der Waals surface area contributed by atoms with Crippen LogP contribution in [0.3, 0.4) is 0 Å². The van der Waals surface area contributed by atoms with Crippen LogP contribution in [0.5, 0.6) is 0 Å². The zero-order valence-electron chi connectivity index (χ0n) is 14.1. The van der Waals surface area contributed by atoms with Crippen molar-refractivity contribution in [3.05, 3.63) is 0 Å². The Labute approximate surface area is 125 Å². The van der Waals surface area contributed by atoms with E-state index in [2.05, 4.69) is 50.9 Å². The van der Waals surface area contributed by atoms with Crippen molar-refractivity contribution in [2.24, 2.45) is 5.92 Å². The minimum atomic E-state index is -0.291. The molecule has 2 atom stereocenters. The number of hydrogen-bond acceptors (Lipinski definition) is 3. The van der Waals surface area contributed by atoms with Crippen molar-refractivity contribution in [2.75, 3.05) is 13.1 Å². The lowest BCUT2D eigenvalue weighted by molar-refractivity contribution is 0.166. The highest BCUT2D eigenvalue weighted by Crippen LogP contribution is 2.33. The highest BCUT2D eigenvalue weighted by atomic mass is 15.2. The largest absolute Gasteiger partial charge is 0.300 e. The number of nitrogens with one attached hydrogen (secondary N) is 1. The van der Waals surface area contributed by atoms with Crippen LogP contribution in [0, 0.1) is 17.2 Å². The molecule has 1 fully saturated rings. The first-order valence-corrected chi connectivity index (χ1v) is 8.43. The Morgan fingerprint density at radius 3 is 2.40 bits per heavy atom. The summed E-state index contributed by atoms with van der Waals surface area (Å²) in [4.78, 5) is 2.61. The predicted octanol–water partition coefficient (Wildman–Crippen LogP) is 3.56. The highest BCUT2D eigenvalue weighted by molar-refractivity contribution is 5.14. The second-order valence-corrected chi connectivity index (χ2v) is 6.66. The van der Waals surface area contributed by atoms with E-state index in [1.54, 1.807) is 0 Å². The molecule has 0 saturated heterocycles. The maximum atomic E-state index is 9.58. The third kappa shape index (κ3) is 4.46. The van der Waals surface area contributed by atoms with Crippen LogP contribution in [-0.2, 0) is 0 Å². The Bertz CT molecular complexity index is 317. The molecule has 0 bridgehead atoms. The van der Waals surface area contributed by atoms with Gasteiger partial charge in [0.05, 0.1) is 6.07 Å². The molecule has 0 radical (unpaired) electrons. The molecule has 1 aliphatic carbocycles. The topological polar surface area (TPSA) is 39.1 Å². The zero-order chi connectivity index (χ0) is 15.2. The summed E-state index contributed by atoms with van der Waals surface area (Å²) in [5.41, 5.74) is -0.291. The summed E-state index contributed by atoms with van der Waals surface area (Å²) in [5.74, 6) is 0.796. The van der Waals surface area contributed by atoms with E-state index < -0.39 is 0 Å². The number of hydrogen-bond donors (Lipinski definition) is 1. The van der Waals surface area contributed by atoms with Gasteiger partial charge in [-0.15, -0.1) is 0 Å². The standard InChI is InChI=1S/C17H33N3/c1-6-15(7-2)12-20(8-3)16-9-10-17(11-16,13-18)19-14(4)5/h14-16,19H,6-12H2,1-5H3. The van der Waals surface area contributed by atoms with E-state index in [0.717, 1.165) is 31.7 Å². The van der Waals surface area contributed by atoms with Gasteiger partial charge in [-0.2, -0.15) is 5.26 Å². The average molecular weight is 279 g/mol. The molecule has 20 heavy (non-hydrogen) atoms. The summed E-state index contributed by atoms with van der Waals surface area (Å²) in [6.45, 7) is 13.4. The van der Waals surface area contributed by atoms with Gasteiger partial charge in [-0.05, 0) is 45.6 Å². The van der Waals surface area contributed by atoms with Crippen LogP contribution >= 0.6 is 0 Å². The Morgan fingerprint density at radius 2 is 1.95 bits per heavy atom. The van der Waals surface area contributed by atoms with Crippen LogP contribution < -0.4 is 5.32 Å². The van der Waals surface area contributed by atoms with Crippen LogP contribution in [0.4, 0.5) is 0 Å². The number of rotatable bonds is 8. The van der Waals surface area contributed by atoms with Gasteiger partial charge in [0.15, 0.2) is 0 Å². The molecule has 0 aromatic heterocycles. The van der Waals surface area contributed by atoms with Gasteiger partial charge in [0.2, 0.25) is 0 Å². The molecule has 0 heterocycles. The van der Waals surface area contributed by atoms with E-state index in [9.17, 15) is 5.26 Å². The third-order valence-electron chi connectivity index (χ3n) is 4.84. The zero-order valence-corrected chi connectivity index (χ0v) is 14.1. The van der Waals surface area contributed by atoms with Gasteiger partial charge in [0.1, 0.15) is 5.54 Å². The maximum Gasteiger partial charge on any atom is 0.108 e. The summed E-state index contributed by atoms with van der Waals surface area (Å²) in [7, 11) is 0. The molecule has 0 aromatic rings. The van der Waals surface area contributed by atoms with Gasteiger partial charge < -0.3 is 4.90 Å². The fourth-order valence-electron chi connectivity index (χ4n) is 3.56. The summed E-state index contributed by atoms with van der Waals surface area (Å²) >= 11 is 0. The van der Waals surface area contributed by atoms with E-state index in [1.807, 2.05) is 0 Å². The fraction of sp³-hybridized carbons (Fsp3) is 0.941. The molecule has 0 aliphatic heterocycles. The minimum absolute atomic E-state index is 0.291. The third-order valence-corrected chi connectivity index (χ3v) is 4.84. The van der Waals surface area contributed by atoms with Crippen molar-refractivity contribution in [3.8, 4) is 6.07 Å². The first-order chi connectivity index (χ1) is 9.50. The van der Waals surface area contributed by atoms with Crippen molar-refractivity contribution in [2.45, 2.75) is 84.3 Å². The minimum Gasteiger partial charge on any atom is -0.300 e. The first-order valence-electron chi connectivity index (χ1n) is 8.43. The predicted molar refractivity (Wildman–Crippen MR) is 85.6 cm³/mol. The molecule has 0 aromatic carbocycles. The van der Waals surface area contributed by atoms with Gasteiger partial charge in [0, 0.05) is 18.6 Å². The lowest BCUT2D eigenvalue weighted by atomic mass is 9.97. The van der Waals surface area contributed by atoms with Crippen LogP contribution in [0.15, 0.2) is 0 Å². The van der Waals surface area contributed by atoms with Crippen LogP contribution in [0.2, 0.25) is 0 Å². The maximum absolute atomic E-state index is 9.58. The molecule has 116 valence electrons. The van der Waals surface area contributed by atoms with Gasteiger partial charge in [-0.1, -0.05) is 33.6 Å². The van der Waals surface area contributed by atoms with Gasteiger partial charge >= 0.3 is 0 Å². The van der Waals surface area contributed by atoms with Crippen molar-refractivity contribution >= 4 is 0 Å². The molecule has 1 saturated carbocycles. The summed E-state index contributed by atoms with van der Waals surface area (Å²) in [6, 6.07) is 3.51. The molecule has 3 nitrogen and oxygen atoms in total. The van der Waals surface area contributed by atoms with Gasteiger partial charge in [0.25, 0.3) is 0 Å². The quantitative estimate of drug-likeness (QED) is 0.738. The van der Waals surface area contributed by atoms with Crippen LogP contribution in [0.1, 0.15) is 66.7 Å². The second kappa shape index (κ2) is 8.00. The molecule has 2 unspecified atom stereocenters. The molecule has 1 N–H and O–H groups in total. The van der Waals surface area contributed by atoms with E-state index in [-0.39, 0.29) is 5.54 Å². The Kier molecular flexibility index (Phi) is 6.99. The fourth-order valence-corrected chi connectivity index (χ4v) is 3.56. The number of nitriles is 1. The van der Waals surface area contributed by atoms with Gasteiger partial charge in [-0.25, -0.2) is 0 Å². The second-order valence-electron chi connectivity index (χ2n) is 6.66. The number of nitrogens with zero attached hydrogens (tertiary/aromatic N) is 2. The highest BCUT2D eigenvalue weighted by Gasteiger charge is 2.41. The summed E-state index contributed by atoms with van der Waals surface area (Å²) in [6.07, 6.45) is 5.64. The molecular formula is C17H33N3. The molecule has 1 aliphatic rings.